The van der Waals surface area contributed by atoms with E-state index in [2.05, 4.69) is 0 Å². The molecule has 0 radical (unpaired) electrons. The summed E-state index contributed by atoms with van der Waals surface area (Å²) in [6.07, 6.45) is 1.89. The van der Waals surface area contributed by atoms with Crippen LogP contribution in [0.5, 0.6) is 5.75 Å². The van der Waals surface area contributed by atoms with Gasteiger partial charge in [0.25, 0.3) is 0 Å². The number of carbonyl (C=O) groups is 1. The van der Waals surface area contributed by atoms with Gasteiger partial charge in [-0.3, -0.25) is 9.69 Å². The number of aliphatic carboxylic acids is 1. The van der Waals surface area contributed by atoms with Crippen molar-refractivity contribution in [3.05, 3.63) is 29.8 Å². The molecule has 0 fully saturated rings. The van der Waals surface area contributed by atoms with Crippen molar-refractivity contribution in [1.82, 2.24) is 4.90 Å². The second-order valence-electron chi connectivity index (χ2n) is 4.45. The third kappa shape index (κ3) is 5.94. The molecule has 108 valence electrons. The summed E-state index contributed by atoms with van der Waals surface area (Å²) in [5.41, 5.74) is 1.24. The lowest BCUT2D eigenvalue weighted by Crippen LogP contribution is -2.36. The number of methoxy groups -OCH3 is 1. The second kappa shape index (κ2) is 8.77. The van der Waals surface area contributed by atoms with E-state index >= 15 is 0 Å². The number of likely N-dealkylation sites (N-methyl/N-ethyl adjacent to an activating group) is 1. The maximum absolute atomic E-state index is 10.8. The van der Waals surface area contributed by atoms with Crippen LogP contribution >= 0.6 is 12.4 Å². The van der Waals surface area contributed by atoms with E-state index in [0.717, 1.165) is 25.1 Å². The zero-order valence-electron chi connectivity index (χ0n) is 11.6. The number of rotatable bonds is 7. The number of hydrogen-bond acceptors (Lipinski definition) is 3. The Balaban J connectivity index is 0.00000324. The molecule has 4 nitrogen and oxygen atoms in total. The number of carboxylic acid groups (broad SMARTS) is 1. The summed E-state index contributed by atoms with van der Waals surface area (Å²) in [7, 11) is 3.49. The molecule has 1 rings (SSSR count). The molecule has 0 amide bonds. The predicted molar refractivity (Wildman–Crippen MR) is 78.3 cm³/mol. The largest absolute Gasteiger partial charge is 0.497 e. The van der Waals surface area contributed by atoms with Crippen LogP contribution in [0.1, 0.15) is 18.9 Å². The van der Waals surface area contributed by atoms with Crippen molar-refractivity contribution in [2.45, 2.75) is 25.8 Å². The molecule has 19 heavy (non-hydrogen) atoms. The summed E-state index contributed by atoms with van der Waals surface area (Å²) in [4.78, 5) is 12.6. The molecule has 0 saturated carbocycles. The van der Waals surface area contributed by atoms with Crippen molar-refractivity contribution in [3.8, 4) is 5.75 Å². The monoisotopic (exact) mass is 287 g/mol. The van der Waals surface area contributed by atoms with Crippen LogP contribution < -0.4 is 4.74 Å². The van der Waals surface area contributed by atoms with Gasteiger partial charge in [-0.2, -0.15) is 0 Å². The van der Waals surface area contributed by atoms with Crippen LogP contribution in [0.15, 0.2) is 24.3 Å². The summed E-state index contributed by atoms with van der Waals surface area (Å²) < 4.78 is 5.10. The third-order valence-corrected chi connectivity index (χ3v) is 3.15. The fraction of sp³-hybridized carbons (Fsp3) is 0.500. The van der Waals surface area contributed by atoms with E-state index in [0.29, 0.717) is 0 Å². The van der Waals surface area contributed by atoms with Gasteiger partial charge in [0.1, 0.15) is 11.8 Å². The minimum atomic E-state index is -0.776. The molecule has 1 N–H and O–H groups in total. The first-order valence-electron chi connectivity index (χ1n) is 6.10. The highest BCUT2D eigenvalue weighted by Crippen LogP contribution is 2.12. The molecule has 0 saturated heterocycles. The van der Waals surface area contributed by atoms with Crippen LogP contribution in [0.4, 0.5) is 0 Å². The molecule has 1 aromatic rings. The van der Waals surface area contributed by atoms with E-state index in [1.165, 1.54) is 5.56 Å². The van der Waals surface area contributed by atoms with Crippen LogP contribution in [-0.2, 0) is 11.2 Å². The van der Waals surface area contributed by atoms with Crippen LogP contribution in [-0.4, -0.2) is 42.7 Å². The Morgan fingerprint density at radius 1 is 1.37 bits per heavy atom. The third-order valence-electron chi connectivity index (χ3n) is 3.15. The number of benzene rings is 1. The van der Waals surface area contributed by atoms with E-state index in [-0.39, 0.29) is 12.4 Å². The Morgan fingerprint density at radius 3 is 2.42 bits per heavy atom. The van der Waals surface area contributed by atoms with Crippen molar-refractivity contribution in [2.75, 3.05) is 20.7 Å². The highest BCUT2D eigenvalue weighted by molar-refractivity contribution is 5.85. The van der Waals surface area contributed by atoms with Gasteiger partial charge in [0.2, 0.25) is 0 Å². The molecular formula is C14H22ClNO3. The van der Waals surface area contributed by atoms with Gasteiger partial charge in [-0.1, -0.05) is 12.1 Å². The van der Waals surface area contributed by atoms with Gasteiger partial charge < -0.3 is 9.84 Å². The van der Waals surface area contributed by atoms with E-state index in [1.807, 2.05) is 36.2 Å². The normalized spacial score (nSPS) is 11.8. The molecule has 1 atom stereocenters. The Kier molecular flexibility index (Phi) is 8.19. The maximum atomic E-state index is 10.8. The second-order valence-corrected chi connectivity index (χ2v) is 4.45. The van der Waals surface area contributed by atoms with Crippen LogP contribution in [0.2, 0.25) is 0 Å². The van der Waals surface area contributed by atoms with Crippen molar-refractivity contribution in [1.29, 1.82) is 0 Å². The number of ether oxygens (including phenoxy) is 1. The van der Waals surface area contributed by atoms with Crippen LogP contribution in [0.3, 0.4) is 0 Å². The van der Waals surface area contributed by atoms with E-state index in [9.17, 15) is 4.79 Å². The molecule has 1 aromatic carbocycles. The first-order valence-corrected chi connectivity index (χ1v) is 6.10. The van der Waals surface area contributed by atoms with Gasteiger partial charge in [0.15, 0.2) is 0 Å². The first-order chi connectivity index (χ1) is 8.54. The zero-order valence-corrected chi connectivity index (χ0v) is 12.4. The van der Waals surface area contributed by atoms with E-state index < -0.39 is 12.0 Å². The molecule has 0 bridgehead atoms. The fourth-order valence-electron chi connectivity index (χ4n) is 1.71. The van der Waals surface area contributed by atoms with Crippen molar-refractivity contribution >= 4 is 18.4 Å². The summed E-state index contributed by atoms with van der Waals surface area (Å²) in [6, 6.07) is 7.54. The quantitative estimate of drug-likeness (QED) is 0.837. The summed E-state index contributed by atoms with van der Waals surface area (Å²) in [6.45, 7) is 2.48. The molecule has 5 heteroatoms. The average Bonchev–Trinajstić information content (AvgIpc) is 2.38. The average molecular weight is 288 g/mol. The molecule has 0 aromatic heterocycles. The van der Waals surface area contributed by atoms with Gasteiger partial charge in [0, 0.05) is 0 Å². The van der Waals surface area contributed by atoms with Crippen LogP contribution in [0.25, 0.3) is 0 Å². The van der Waals surface area contributed by atoms with Crippen LogP contribution in [0, 0.1) is 0 Å². The SMILES string of the molecule is COc1ccc(CCCN(C)C(C)C(=O)O)cc1.Cl. The lowest BCUT2D eigenvalue weighted by Gasteiger charge is -2.20. The number of carboxylic acids is 1. The van der Waals surface area contributed by atoms with Gasteiger partial charge in [0.05, 0.1) is 7.11 Å². The predicted octanol–water partition coefficient (Wildman–Crippen LogP) is 2.45. The summed E-state index contributed by atoms with van der Waals surface area (Å²) >= 11 is 0. The molecule has 0 aliphatic rings. The Hall–Kier alpha value is -1.26. The lowest BCUT2D eigenvalue weighted by molar-refractivity contribution is -0.142. The highest BCUT2D eigenvalue weighted by Gasteiger charge is 2.15. The molecular weight excluding hydrogens is 266 g/mol. The molecule has 1 unspecified atom stereocenters. The minimum absolute atomic E-state index is 0. The van der Waals surface area contributed by atoms with Gasteiger partial charge in [-0.05, 0) is 51.1 Å². The lowest BCUT2D eigenvalue weighted by atomic mass is 10.1. The number of hydrogen-bond donors (Lipinski definition) is 1. The van der Waals surface area contributed by atoms with Gasteiger partial charge in [-0.25, -0.2) is 0 Å². The number of halogens is 1. The fourth-order valence-corrected chi connectivity index (χ4v) is 1.71. The highest BCUT2D eigenvalue weighted by atomic mass is 35.5. The standard InChI is InChI=1S/C14H21NO3.ClH/c1-11(14(16)17)15(2)10-4-5-12-6-8-13(18-3)9-7-12;/h6-9,11H,4-5,10H2,1-3H3,(H,16,17);1H. The molecule has 0 aliphatic carbocycles. The topological polar surface area (TPSA) is 49.8 Å². The summed E-state index contributed by atoms with van der Waals surface area (Å²) in [5.74, 6) is 0.0808. The molecule has 0 spiro atoms. The Labute approximate surface area is 120 Å². The first kappa shape index (κ1) is 17.7. The number of nitrogens with zero attached hydrogens (tertiary/aromatic N) is 1. The smallest absolute Gasteiger partial charge is 0.320 e. The van der Waals surface area contributed by atoms with Crippen molar-refractivity contribution in [3.63, 3.8) is 0 Å². The van der Waals surface area contributed by atoms with Gasteiger partial charge in [-0.15, -0.1) is 12.4 Å². The van der Waals surface area contributed by atoms with Gasteiger partial charge >= 0.3 is 5.97 Å². The Morgan fingerprint density at radius 2 is 1.95 bits per heavy atom. The zero-order chi connectivity index (χ0) is 13.5. The minimum Gasteiger partial charge on any atom is -0.497 e. The van der Waals surface area contributed by atoms with E-state index in [1.54, 1.807) is 14.0 Å². The Bertz CT molecular complexity index is 381. The van der Waals surface area contributed by atoms with Crippen molar-refractivity contribution in [2.24, 2.45) is 0 Å². The maximum Gasteiger partial charge on any atom is 0.320 e. The van der Waals surface area contributed by atoms with Crippen molar-refractivity contribution < 1.29 is 14.6 Å². The van der Waals surface area contributed by atoms with E-state index in [4.69, 9.17) is 9.84 Å². The molecule has 0 aliphatic heterocycles. The summed E-state index contributed by atoms with van der Waals surface area (Å²) in [5, 5.41) is 8.87. The number of aryl methyl sites for hydroxylation is 1. The molecule has 0 heterocycles.